The number of rotatable bonds is 10. The van der Waals surface area contributed by atoms with Gasteiger partial charge in [-0.05, 0) is 43.6 Å². The summed E-state index contributed by atoms with van der Waals surface area (Å²) in [7, 11) is 0. The van der Waals surface area contributed by atoms with Gasteiger partial charge in [0.05, 0.1) is 22.4 Å². The molecule has 2 amide bonds. The van der Waals surface area contributed by atoms with Gasteiger partial charge in [-0.3, -0.25) is 24.5 Å². The molecule has 0 saturated heterocycles. The van der Waals surface area contributed by atoms with Gasteiger partial charge in [-0.25, -0.2) is 4.98 Å². The molecule has 0 bridgehead atoms. The number of nitrogens with one attached hydrogen (secondary N) is 2. The number of thioether (sulfide) groups is 1. The average molecular weight is 484 g/mol. The second-order valence-electron chi connectivity index (χ2n) is 7.50. The van der Waals surface area contributed by atoms with E-state index in [9.17, 15) is 24.5 Å². The first-order valence-electron chi connectivity index (χ1n) is 10.6. The van der Waals surface area contributed by atoms with Crippen molar-refractivity contribution in [3.05, 3.63) is 80.4 Å². The molecule has 2 aromatic carbocycles. The van der Waals surface area contributed by atoms with E-state index in [2.05, 4.69) is 15.3 Å². The van der Waals surface area contributed by atoms with Gasteiger partial charge in [-0.15, -0.1) is 0 Å². The Morgan fingerprint density at radius 2 is 2.00 bits per heavy atom. The lowest BCUT2D eigenvalue weighted by molar-refractivity contribution is -0.384. The van der Waals surface area contributed by atoms with E-state index in [1.165, 1.54) is 40.9 Å². The molecule has 0 fully saturated rings. The number of H-pyrrole nitrogens is 1. The Balaban J connectivity index is 1.81. The quantitative estimate of drug-likeness (QED) is 0.334. The number of nitro groups is 1. The van der Waals surface area contributed by atoms with Gasteiger partial charge in [0.25, 0.3) is 17.2 Å². The number of non-ortho nitro benzene ring substituents is 1. The van der Waals surface area contributed by atoms with Gasteiger partial charge in [0, 0.05) is 24.2 Å². The fourth-order valence-corrected chi connectivity index (χ4v) is 3.92. The largest absolute Gasteiger partial charge is 0.340 e. The van der Waals surface area contributed by atoms with Crippen molar-refractivity contribution in [1.82, 2.24) is 20.2 Å². The molecule has 1 unspecified atom stereocenters. The third-order valence-electron chi connectivity index (χ3n) is 5.23. The van der Waals surface area contributed by atoms with Crippen molar-refractivity contribution in [2.75, 3.05) is 18.6 Å². The highest BCUT2D eigenvalue weighted by Crippen LogP contribution is 2.15. The topological polar surface area (TPSA) is 138 Å². The molecule has 0 spiro atoms. The van der Waals surface area contributed by atoms with Gasteiger partial charge < -0.3 is 15.2 Å². The van der Waals surface area contributed by atoms with E-state index in [0.717, 1.165) is 0 Å². The maximum absolute atomic E-state index is 13.3. The second-order valence-corrected chi connectivity index (χ2v) is 8.48. The molecule has 3 rings (SSSR count). The highest BCUT2D eigenvalue weighted by atomic mass is 32.2. The van der Waals surface area contributed by atoms with E-state index in [1.54, 1.807) is 31.2 Å². The van der Waals surface area contributed by atoms with Crippen molar-refractivity contribution < 1.29 is 14.5 Å². The van der Waals surface area contributed by atoms with Crippen LogP contribution in [0.3, 0.4) is 0 Å². The second kappa shape index (κ2) is 11.4. The number of carbonyl (C=O) groups excluding carboxylic acids is 2. The van der Waals surface area contributed by atoms with Gasteiger partial charge in [-0.2, -0.15) is 11.8 Å². The molecule has 1 atom stereocenters. The fourth-order valence-electron chi connectivity index (χ4n) is 3.45. The smallest absolute Gasteiger partial charge is 0.270 e. The van der Waals surface area contributed by atoms with E-state index in [0.29, 0.717) is 35.4 Å². The maximum atomic E-state index is 13.3. The number of nitro benzene ring substituents is 1. The highest BCUT2D eigenvalue weighted by Gasteiger charge is 2.26. The molecule has 3 aromatic rings. The van der Waals surface area contributed by atoms with Crippen LogP contribution in [-0.2, 0) is 11.3 Å². The number of amides is 2. The summed E-state index contributed by atoms with van der Waals surface area (Å²) in [6.45, 7) is 2.20. The molecule has 34 heavy (non-hydrogen) atoms. The summed E-state index contributed by atoms with van der Waals surface area (Å²) in [6.07, 6.45) is 2.27. The summed E-state index contributed by atoms with van der Waals surface area (Å²) in [6, 6.07) is 11.4. The number of carbonyl (C=O) groups is 2. The van der Waals surface area contributed by atoms with Crippen LogP contribution in [0.4, 0.5) is 5.69 Å². The molecule has 0 aliphatic rings. The third-order valence-corrected chi connectivity index (χ3v) is 5.87. The number of hydrogen-bond acceptors (Lipinski definition) is 7. The molecule has 0 aliphatic heterocycles. The van der Waals surface area contributed by atoms with Crippen LogP contribution >= 0.6 is 11.8 Å². The lowest BCUT2D eigenvalue weighted by atomic mass is 10.1. The minimum absolute atomic E-state index is 0.0673. The van der Waals surface area contributed by atoms with Crippen LogP contribution in [0.5, 0.6) is 0 Å². The van der Waals surface area contributed by atoms with Crippen molar-refractivity contribution >= 4 is 40.2 Å². The first-order chi connectivity index (χ1) is 16.3. The Morgan fingerprint density at radius 1 is 1.24 bits per heavy atom. The molecular weight excluding hydrogens is 458 g/mol. The van der Waals surface area contributed by atoms with E-state index >= 15 is 0 Å². The van der Waals surface area contributed by atoms with Crippen LogP contribution < -0.4 is 10.9 Å². The monoisotopic (exact) mass is 483 g/mol. The van der Waals surface area contributed by atoms with Crippen molar-refractivity contribution in [2.24, 2.45) is 0 Å². The summed E-state index contributed by atoms with van der Waals surface area (Å²) in [5.74, 6) is 0.0592. The minimum atomic E-state index is -0.841. The van der Waals surface area contributed by atoms with Crippen LogP contribution in [0.25, 0.3) is 10.9 Å². The lowest BCUT2D eigenvalue weighted by Gasteiger charge is -2.26. The Kier molecular flexibility index (Phi) is 8.36. The SMILES string of the molecule is CCN(Cc1nc2ccccc2c(=O)[nH]1)C(=O)C(CCSC)NC(=O)c1cccc([N+](=O)[O-])c1. The molecule has 0 saturated carbocycles. The predicted molar refractivity (Wildman–Crippen MR) is 131 cm³/mol. The lowest BCUT2D eigenvalue weighted by Crippen LogP contribution is -2.48. The summed E-state index contributed by atoms with van der Waals surface area (Å²) >= 11 is 1.53. The summed E-state index contributed by atoms with van der Waals surface area (Å²) in [5, 5.41) is 14.2. The Morgan fingerprint density at radius 3 is 2.71 bits per heavy atom. The normalized spacial score (nSPS) is 11.7. The van der Waals surface area contributed by atoms with Gasteiger partial charge in [-0.1, -0.05) is 18.2 Å². The average Bonchev–Trinajstić information content (AvgIpc) is 2.84. The van der Waals surface area contributed by atoms with Crippen LogP contribution in [0.1, 0.15) is 29.5 Å². The van der Waals surface area contributed by atoms with E-state index < -0.39 is 16.9 Å². The summed E-state index contributed by atoms with van der Waals surface area (Å²) in [4.78, 5) is 57.7. The van der Waals surface area contributed by atoms with E-state index in [1.807, 2.05) is 6.26 Å². The zero-order valence-electron chi connectivity index (χ0n) is 18.8. The Hall–Kier alpha value is -3.73. The zero-order chi connectivity index (χ0) is 24.7. The van der Waals surface area contributed by atoms with Gasteiger partial charge in [0.1, 0.15) is 11.9 Å². The van der Waals surface area contributed by atoms with Crippen LogP contribution in [0, 0.1) is 10.1 Å². The number of hydrogen-bond donors (Lipinski definition) is 2. The standard InChI is InChI=1S/C23H25N5O5S/c1-3-27(14-20-24-18-10-5-4-9-17(18)22(30)26-20)23(31)19(11-12-34-2)25-21(29)15-7-6-8-16(13-15)28(32)33/h4-10,13,19H,3,11-12,14H2,1-2H3,(H,25,29)(H,24,26,30). The minimum Gasteiger partial charge on any atom is -0.340 e. The fraction of sp³-hybridized carbons (Fsp3) is 0.304. The molecule has 1 heterocycles. The number of aromatic amines is 1. The number of fused-ring (bicyclic) bond motifs is 1. The molecule has 0 aliphatic carbocycles. The molecular formula is C23H25N5O5S. The number of benzene rings is 2. The first-order valence-corrected chi connectivity index (χ1v) is 12.0. The predicted octanol–water partition coefficient (Wildman–Crippen LogP) is 2.73. The van der Waals surface area contributed by atoms with Crippen molar-refractivity contribution in [2.45, 2.75) is 25.9 Å². The molecule has 178 valence electrons. The van der Waals surface area contributed by atoms with Crippen LogP contribution in [0.2, 0.25) is 0 Å². The van der Waals surface area contributed by atoms with Gasteiger partial charge in [0.15, 0.2) is 0 Å². The van der Waals surface area contributed by atoms with E-state index in [4.69, 9.17) is 0 Å². The number of para-hydroxylation sites is 1. The maximum Gasteiger partial charge on any atom is 0.270 e. The highest BCUT2D eigenvalue weighted by molar-refractivity contribution is 7.98. The molecule has 10 nitrogen and oxygen atoms in total. The van der Waals surface area contributed by atoms with Crippen LogP contribution in [-0.4, -0.2) is 56.2 Å². The van der Waals surface area contributed by atoms with Crippen molar-refractivity contribution in [3.8, 4) is 0 Å². The summed E-state index contributed by atoms with van der Waals surface area (Å²) < 4.78 is 0. The molecule has 2 N–H and O–H groups in total. The zero-order valence-corrected chi connectivity index (χ0v) is 19.6. The number of nitrogens with zero attached hydrogens (tertiary/aromatic N) is 3. The third kappa shape index (κ3) is 5.98. The van der Waals surface area contributed by atoms with Crippen molar-refractivity contribution in [1.29, 1.82) is 0 Å². The van der Waals surface area contributed by atoms with Gasteiger partial charge >= 0.3 is 0 Å². The molecule has 0 radical (unpaired) electrons. The number of aromatic nitrogens is 2. The number of likely N-dealkylation sites (N-methyl/N-ethyl adjacent to an activating group) is 1. The van der Waals surface area contributed by atoms with Crippen LogP contribution in [0.15, 0.2) is 53.3 Å². The van der Waals surface area contributed by atoms with Crippen molar-refractivity contribution in [3.63, 3.8) is 0 Å². The first kappa shape index (κ1) is 24.9. The van der Waals surface area contributed by atoms with E-state index in [-0.39, 0.29) is 29.3 Å². The van der Waals surface area contributed by atoms with Gasteiger partial charge in [0.2, 0.25) is 5.91 Å². The molecule has 11 heteroatoms. The Labute approximate surface area is 199 Å². The summed E-state index contributed by atoms with van der Waals surface area (Å²) in [5.41, 5.74) is 0.130. The molecule has 1 aromatic heterocycles. The Bertz CT molecular complexity index is 1260.